The maximum Gasteiger partial charge on any atom is 0.255 e. The van der Waals surface area contributed by atoms with Gasteiger partial charge in [-0.1, -0.05) is 6.07 Å². The largest absolute Gasteiger partial charge is 0.494 e. The number of hydrogen-bond donors (Lipinski definition) is 1. The Morgan fingerprint density at radius 2 is 2.10 bits per heavy atom. The molecule has 0 unspecified atom stereocenters. The summed E-state index contributed by atoms with van der Waals surface area (Å²) in [6.45, 7) is 2.43. The molecule has 0 fully saturated rings. The number of halogens is 2. The normalized spacial score (nSPS) is 10.2. The van der Waals surface area contributed by atoms with E-state index in [2.05, 4.69) is 5.32 Å². The molecule has 0 bridgehead atoms. The number of benzene rings is 2. The van der Waals surface area contributed by atoms with E-state index in [-0.39, 0.29) is 17.4 Å². The van der Waals surface area contributed by atoms with Crippen molar-refractivity contribution in [2.45, 2.75) is 12.8 Å². The number of nitrogens with one attached hydrogen (secondary N) is 1. The first kappa shape index (κ1) is 15.3. The number of amides is 1. The van der Waals surface area contributed by atoms with Crippen molar-refractivity contribution in [1.29, 1.82) is 0 Å². The zero-order valence-corrected chi connectivity index (χ0v) is 12.3. The molecular weight excluding hydrogens is 293 g/mol. The number of ether oxygens (including phenoxy) is 1. The summed E-state index contributed by atoms with van der Waals surface area (Å²) in [6, 6.07) is 10.7. The maximum atomic E-state index is 13.1. The lowest BCUT2D eigenvalue weighted by atomic mass is 10.1. The van der Waals surface area contributed by atoms with Gasteiger partial charge >= 0.3 is 0 Å². The molecule has 0 aliphatic rings. The molecule has 0 saturated carbocycles. The van der Waals surface area contributed by atoms with Gasteiger partial charge in [-0.15, -0.1) is 11.6 Å². The molecule has 3 nitrogen and oxygen atoms in total. The van der Waals surface area contributed by atoms with Crippen LogP contribution in [0, 0.1) is 5.82 Å². The third-order valence-corrected chi connectivity index (χ3v) is 3.14. The standard InChI is InChI=1S/C16H15ClFNO2/c1-2-21-15-7-6-14(9-12(15)10-17)19-16(20)11-4-3-5-13(18)8-11/h3-9H,2,10H2,1H3,(H,19,20). The third-order valence-electron chi connectivity index (χ3n) is 2.85. The number of carbonyl (C=O) groups is 1. The van der Waals surface area contributed by atoms with E-state index in [0.29, 0.717) is 18.0 Å². The Kier molecular flexibility index (Phi) is 5.17. The molecule has 1 amide bonds. The van der Waals surface area contributed by atoms with Gasteiger partial charge in [0.05, 0.1) is 12.5 Å². The molecule has 0 radical (unpaired) electrons. The average Bonchev–Trinajstić information content (AvgIpc) is 2.49. The van der Waals surface area contributed by atoms with Gasteiger partial charge in [0, 0.05) is 16.8 Å². The predicted molar refractivity (Wildman–Crippen MR) is 81.5 cm³/mol. The van der Waals surface area contributed by atoms with Crippen LogP contribution in [-0.2, 0) is 5.88 Å². The second kappa shape index (κ2) is 7.09. The van der Waals surface area contributed by atoms with Gasteiger partial charge < -0.3 is 10.1 Å². The average molecular weight is 308 g/mol. The van der Waals surface area contributed by atoms with Gasteiger partial charge in [-0.05, 0) is 43.3 Å². The van der Waals surface area contributed by atoms with Crippen molar-refractivity contribution in [2.75, 3.05) is 11.9 Å². The number of alkyl halides is 1. The Hall–Kier alpha value is -2.07. The van der Waals surface area contributed by atoms with Crippen molar-refractivity contribution in [3.05, 3.63) is 59.4 Å². The van der Waals surface area contributed by atoms with Gasteiger partial charge in [0.25, 0.3) is 5.91 Å². The fourth-order valence-corrected chi connectivity index (χ4v) is 2.10. The Balaban J connectivity index is 2.17. The highest BCUT2D eigenvalue weighted by Crippen LogP contribution is 2.25. The van der Waals surface area contributed by atoms with Crippen LogP contribution < -0.4 is 10.1 Å². The lowest BCUT2D eigenvalue weighted by Crippen LogP contribution is -2.12. The second-order valence-electron chi connectivity index (χ2n) is 4.35. The van der Waals surface area contributed by atoms with Crippen molar-refractivity contribution < 1.29 is 13.9 Å². The van der Waals surface area contributed by atoms with Gasteiger partial charge in [-0.25, -0.2) is 4.39 Å². The summed E-state index contributed by atoms with van der Waals surface area (Å²) in [5.41, 5.74) is 1.63. The number of rotatable bonds is 5. The van der Waals surface area contributed by atoms with E-state index in [9.17, 15) is 9.18 Å². The summed E-state index contributed by atoms with van der Waals surface area (Å²) >= 11 is 5.87. The first-order valence-electron chi connectivity index (χ1n) is 6.52. The number of anilines is 1. The minimum Gasteiger partial charge on any atom is -0.494 e. The smallest absolute Gasteiger partial charge is 0.255 e. The molecule has 2 aromatic rings. The monoisotopic (exact) mass is 307 g/mol. The molecule has 2 aromatic carbocycles. The van der Waals surface area contributed by atoms with E-state index < -0.39 is 5.82 Å². The lowest BCUT2D eigenvalue weighted by Gasteiger charge is -2.11. The summed E-state index contributed by atoms with van der Waals surface area (Å²) < 4.78 is 18.6. The van der Waals surface area contributed by atoms with E-state index in [4.69, 9.17) is 16.3 Å². The van der Waals surface area contributed by atoms with Crippen LogP contribution in [0.3, 0.4) is 0 Å². The maximum absolute atomic E-state index is 13.1. The molecule has 0 aliphatic carbocycles. The molecule has 0 aliphatic heterocycles. The van der Waals surface area contributed by atoms with Crippen molar-refractivity contribution in [3.8, 4) is 5.75 Å². The highest BCUT2D eigenvalue weighted by Gasteiger charge is 2.09. The van der Waals surface area contributed by atoms with Crippen molar-refractivity contribution in [1.82, 2.24) is 0 Å². The highest BCUT2D eigenvalue weighted by molar-refractivity contribution is 6.17. The van der Waals surface area contributed by atoms with E-state index in [1.807, 2.05) is 6.92 Å². The van der Waals surface area contributed by atoms with Crippen molar-refractivity contribution in [2.24, 2.45) is 0 Å². The summed E-state index contributed by atoms with van der Waals surface area (Å²) in [5, 5.41) is 2.71. The fourth-order valence-electron chi connectivity index (χ4n) is 1.89. The molecule has 0 heterocycles. The van der Waals surface area contributed by atoms with Crippen LogP contribution in [0.4, 0.5) is 10.1 Å². The molecular formula is C16H15ClFNO2. The molecule has 0 spiro atoms. The quantitative estimate of drug-likeness (QED) is 0.840. The van der Waals surface area contributed by atoms with Gasteiger partial charge in [0.2, 0.25) is 0 Å². The van der Waals surface area contributed by atoms with Crippen LogP contribution in [0.5, 0.6) is 5.75 Å². The Bertz CT molecular complexity index is 646. The lowest BCUT2D eigenvalue weighted by molar-refractivity contribution is 0.102. The van der Waals surface area contributed by atoms with E-state index in [1.165, 1.54) is 18.2 Å². The van der Waals surface area contributed by atoms with Crippen LogP contribution in [0.25, 0.3) is 0 Å². The van der Waals surface area contributed by atoms with Crippen LogP contribution in [0.1, 0.15) is 22.8 Å². The molecule has 2 rings (SSSR count). The summed E-state index contributed by atoms with van der Waals surface area (Å²) in [4.78, 5) is 12.0. The summed E-state index contributed by atoms with van der Waals surface area (Å²) in [6.07, 6.45) is 0. The topological polar surface area (TPSA) is 38.3 Å². The van der Waals surface area contributed by atoms with E-state index >= 15 is 0 Å². The Morgan fingerprint density at radius 3 is 2.76 bits per heavy atom. The SMILES string of the molecule is CCOc1ccc(NC(=O)c2cccc(F)c2)cc1CCl. The minimum atomic E-state index is -0.448. The molecule has 1 N–H and O–H groups in total. The molecule has 0 saturated heterocycles. The second-order valence-corrected chi connectivity index (χ2v) is 4.62. The van der Waals surface area contributed by atoms with Crippen molar-refractivity contribution >= 4 is 23.2 Å². The van der Waals surface area contributed by atoms with Gasteiger partial charge in [0.1, 0.15) is 11.6 Å². The van der Waals surface area contributed by atoms with Gasteiger partial charge in [0.15, 0.2) is 0 Å². The van der Waals surface area contributed by atoms with Crippen LogP contribution in [0.15, 0.2) is 42.5 Å². The zero-order chi connectivity index (χ0) is 15.2. The first-order valence-corrected chi connectivity index (χ1v) is 7.06. The summed E-state index contributed by atoms with van der Waals surface area (Å²) in [7, 11) is 0. The molecule has 110 valence electrons. The van der Waals surface area contributed by atoms with Crippen LogP contribution in [-0.4, -0.2) is 12.5 Å². The molecule has 0 atom stereocenters. The minimum absolute atomic E-state index is 0.260. The molecule has 21 heavy (non-hydrogen) atoms. The van der Waals surface area contributed by atoms with E-state index in [0.717, 1.165) is 5.56 Å². The number of carbonyl (C=O) groups excluding carboxylic acids is 1. The first-order chi connectivity index (χ1) is 10.1. The third kappa shape index (κ3) is 3.95. The fraction of sp³-hybridized carbons (Fsp3) is 0.188. The zero-order valence-electron chi connectivity index (χ0n) is 11.5. The Labute approximate surface area is 127 Å². The summed E-state index contributed by atoms with van der Waals surface area (Å²) in [5.74, 6) is 0.144. The van der Waals surface area contributed by atoms with E-state index in [1.54, 1.807) is 24.3 Å². The highest BCUT2D eigenvalue weighted by atomic mass is 35.5. The predicted octanol–water partition coefficient (Wildman–Crippen LogP) is 4.22. The van der Waals surface area contributed by atoms with Crippen LogP contribution in [0.2, 0.25) is 0 Å². The van der Waals surface area contributed by atoms with Gasteiger partial charge in [-0.3, -0.25) is 4.79 Å². The molecule has 0 aromatic heterocycles. The molecule has 5 heteroatoms. The van der Waals surface area contributed by atoms with Crippen LogP contribution >= 0.6 is 11.6 Å². The number of hydrogen-bond acceptors (Lipinski definition) is 2. The van der Waals surface area contributed by atoms with Crippen molar-refractivity contribution in [3.63, 3.8) is 0 Å². The Morgan fingerprint density at radius 1 is 1.29 bits per heavy atom. The van der Waals surface area contributed by atoms with Gasteiger partial charge in [-0.2, -0.15) is 0 Å².